The molecule has 104 valence electrons. The Morgan fingerprint density at radius 3 is 2.67 bits per heavy atom. The van der Waals surface area contributed by atoms with E-state index < -0.39 is 5.97 Å². The Bertz CT molecular complexity index is 699. The van der Waals surface area contributed by atoms with Crippen molar-refractivity contribution in [3.63, 3.8) is 0 Å². The fourth-order valence-electron chi connectivity index (χ4n) is 1.65. The Morgan fingerprint density at radius 2 is 2.00 bits per heavy atom. The summed E-state index contributed by atoms with van der Waals surface area (Å²) < 4.78 is 6.09. The first-order valence-corrected chi connectivity index (χ1v) is 7.06. The molecule has 3 nitrogen and oxygen atoms in total. The van der Waals surface area contributed by atoms with Crippen LogP contribution in [0.25, 0.3) is 6.08 Å². The highest BCUT2D eigenvalue weighted by atomic mass is 79.9. The number of carbonyl (C=O) groups excluding carboxylic acids is 1. The lowest BCUT2D eigenvalue weighted by molar-refractivity contribution is -0.138. The average Bonchev–Trinajstić information content (AvgIpc) is 2.51. The molecule has 0 aliphatic heterocycles. The smallest absolute Gasteiger partial charge is 0.331 e. The molecule has 0 saturated carbocycles. The van der Waals surface area contributed by atoms with Gasteiger partial charge in [-0.2, -0.15) is 5.26 Å². The van der Waals surface area contributed by atoms with Crippen LogP contribution in [0.1, 0.15) is 16.7 Å². The molecule has 2 aromatic rings. The molecule has 0 bridgehead atoms. The third-order valence-electron chi connectivity index (χ3n) is 2.72. The van der Waals surface area contributed by atoms with Crippen LogP contribution in [-0.4, -0.2) is 5.97 Å². The predicted octanol–water partition coefficient (Wildman–Crippen LogP) is 4.08. The third-order valence-corrected chi connectivity index (χ3v) is 3.22. The lowest BCUT2D eigenvalue weighted by Gasteiger charge is -2.02. The van der Waals surface area contributed by atoms with Crippen molar-refractivity contribution in [2.75, 3.05) is 0 Å². The van der Waals surface area contributed by atoms with Crippen molar-refractivity contribution in [1.82, 2.24) is 0 Å². The van der Waals surface area contributed by atoms with E-state index in [0.29, 0.717) is 5.56 Å². The molecule has 0 saturated heterocycles. The highest BCUT2D eigenvalue weighted by molar-refractivity contribution is 9.10. The van der Waals surface area contributed by atoms with Crippen LogP contribution in [0, 0.1) is 11.3 Å². The molecule has 21 heavy (non-hydrogen) atoms. The van der Waals surface area contributed by atoms with Gasteiger partial charge in [0.1, 0.15) is 6.61 Å². The predicted molar refractivity (Wildman–Crippen MR) is 84.1 cm³/mol. The first-order valence-electron chi connectivity index (χ1n) is 6.27. The summed E-state index contributed by atoms with van der Waals surface area (Å²) in [5.41, 5.74) is 2.34. The fourth-order valence-corrected chi connectivity index (χ4v) is 2.07. The molecule has 0 spiro atoms. The van der Waals surface area contributed by atoms with Gasteiger partial charge in [-0.1, -0.05) is 40.2 Å². The Kier molecular flexibility index (Phi) is 5.30. The normalized spacial score (nSPS) is 10.3. The van der Waals surface area contributed by atoms with Gasteiger partial charge in [-0.25, -0.2) is 4.79 Å². The Morgan fingerprint density at radius 1 is 1.24 bits per heavy atom. The van der Waals surface area contributed by atoms with Crippen LogP contribution in [0.5, 0.6) is 0 Å². The summed E-state index contributed by atoms with van der Waals surface area (Å²) in [5, 5.41) is 8.70. The summed E-state index contributed by atoms with van der Waals surface area (Å²) in [6.07, 6.45) is 3.09. The second-order valence-corrected chi connectivity index (χ2v) is 5.22. The number of ether oxygens (including phenoxy) is 1. The van der Waals surface area contributed by atoms with Gasteiger partial charge in [0, 0.05) is 10.5 Å². The maximum atomic E-state index is 11.6. The van der Waals surface area contributed by atoms with Crippen molar-refractivity contribution < 1.29 is 9.53 Å². The van der Waals surface area contributed by atoms with E-state index in [0.717, 1.165) is 15.6 Å². The van der Waals surface area contributed by atoms with E-state index in [1.54, 1.807) is 30.3 Å². The van der Waals surface area contributed by atoms with Gasteiger partial charge in [-0.15, -0.1) is 0 Å². The monoisotopic (exact) mass is 341 g/mol. The zero-order valence-electron chi connectivity index (χ0n) is 11.1. The second kappa shape index (κ2) is 7.41. The van der Waals surface area contributed by atoms with Crippen LogP contribution in [-0.2, 0) is 16.1 Å². The van der Waals surface area contributed by atoms with E-state index in [2.05, 4.69) is 15.9 Å². The Balaban J connectivity index is 1.88. The first-order chi connectivity index (χ1) is 10.2. The molecule has 0 aliphatic carbocycles. The molecule has 0 amide bonds. The Labute approximate surface area is 131 Å². The summed E-state index contributed by atoms with van der Waals surface area (Å²) in [6, 6.07) is 16.6. The van der Waals surface area contributed by atoms with Crippen LogP contribution in [0.3, 0.4) is 0 Å². The second-order valence-electron chi connectivity index (χ2n) is 4.30. The number of hydrogen-bond donors (Lipinski definition) is 0. The van der Waals surface area contributed by atoms with E-state index >= 15 is 0 Å². The molecule has 0 fully saturated rings. The minimum Gasteiger partial charge on any atom is -0.458 e. The van der Waals surface area contributed by atoms with Gasteiger partial charge in [0.05, 0.1) is 11.6 Å². The highest BCUT2D eigenvalue weighted by Crippen LogP contribution is 2.13. The molecule has 0 N–H and O–H groups in total. The van der Waals surface area contributed by atoms with E-state index in [9.17, 15) is 4.79 Å². The van der Waals surface area contributed by atoms with Crippen molar-refractivity contribution in [2.24, 2.45) is 0 Å². The summed E-state index contributed by atoms with van der Waals surface area (Å²) in [5.74, 6) is -0.403. The lowest BCUT2D eigenvalue weighted by atomic mass is 10.2. The standard InChI is InChI=1S/C17H12BrNO2/c18-16-3-1-2-13(10-16)8-9-17(20)21-12-15-6-4-14(11-19)5-7-15/h1-10H,12H2/b9-8+. The van der Waals surface area contributed by atoms with Gasteiger partial charge in [0.25, 0.3) is 0 Å². The highest BCUT2D eigenvalue weighted by Gasteiger charge is 1.99. The van der Waals surface area contributed by atoms with Gasteiger partial charge in [0.2, 0.25) is 0 Å². The molecule has 0 atom stereocenters. The molecule has 0 unspecified atom stereocenters. The molecule has 4 heteroatoms. The van der Waals surface area contributed by atoms with E-state index in [1.165, 1.54) is 6.08 Å². The number of halogens is 1. The molecule has 0 aromatic heterocycles. The summed E-state index contributed by atoms with van der Waals surface area (Å²) >= 11 is 3.37. The average molecular weight is 342 g/mol. The fraction of sp³-hybridized carbons (Fsp3) is 0.0588. The lowest BCUT2D eigenvalue weighted by Crippen LogP contribution is -2.00. The van der Waals surface area contributed by atoms with E-state index in [1.807, 2.05) is 30.3 Å². The van der Waals surface area contributed by atoms with Crippen molar-refractivity contribution >= 4 is 28.0 Å². The topological polar surface area (TPSA) is 50.1 Å². The van der Waals surface area contributed by atoms with Crippen LogP contribution < -0.4 is 0 Å². The van der Waals surface area contributed by atoms with Crippen LogP contribution in [0.2, 0.25) is 0 Å². The van der Waals surface area contributed by atoms with Crippen molar-refractivity contribution in [2.45, 2.75) is 6.61 Å². The van der Waals surface area contributed by atoms with Crippen LogP contribution in [0.4, 0.5) is 0 Å². The zero-order chi connectivity index (χ0) is 15.1. The molecule has 2 aromatic carbocycles. The molecule has 2 rings (SSSR count). The Hall–Kier alpha value is -2.38. The SMILES string of the molecule is N#Cc1ccc(COC(=O)/C=C/c2cccc(Br)c2)cc1. The van der Waals surface area contributed by atoms with Gasteiger partial charge in [0.15, 0.2) is 0 Å². The molecular formula is C17H12BrNO2. The minimum atomic E-state index is -0.403. The van der Waals surface area contributed by atoms with Gasteiger partial charge in [-0.3, -0.25) is 0 Å². The number of carbonyl (C=O) groups is 1. The molecule has 0 heterocycles. The molecule has 0 aliphatic rings. The molecule has 0 radical (unpaired) electrons. The molecular weight excluding hydrogens is 330 g/mol. The van der Waals surface area contributed by atoms with Crippen LogP contribution >= 0.6 is 15.9 Å². The number of benzene rings is 2. The summed E-state index contributed by atoms with van der Waals surface area (Å²) in [6.45, 7) is 0.188. The number of hydrogen-bond acceptors (Lipinski definition) is 3. The first kappa shape index (κ1) is 15.0. The van der Waals surface area contributed by atoms with Gasteiger partial charge >= 0.3 is 5.97 Å². The third kappa shape index (κ3) is 4.90. The maximum Gasteiger partial charge on any atom is 0.331 e. The summed E-state index contributed by atoms with van der Waals surface area (Å²) in [4.78, 5) is 11.6. The van der Waals surface area contributed by atoms with Crippen molar-refractivity contribution in [1.29, 1.82) is 5.26 Å². The van der Waals surface area contributed by atoms with Crippen LogP contribution in [0.15, 0.2) is 59.1 Å². The quantitative estimate of drug-likeness (QED) is 0.621. The number of esters is 1. The maximum absolute atomic E-state index is 11.6. The van der Waals surface area contributed by atoms with Gasteiger partial charge < -0.3 is 4.74 Å². The van der Waals surface area contributed by atoms with Gasteiger partial charge in [-0.05, 0) is 41.5 Å². The largest absolute Gasteiger partial charge is 0.458 e. The zero-order valence-corrected chi connectivity index (χ0v) is 12.7. The van der Waals surface area contributed by atoms with Crippen molar-refractivity contribution in [3.05, 3.63) is 75.8 Å². The van der Waals surface area contributed by atoms with Crippen molar-refractivity contribution in [3.8, 4) is 6.07 Å². The number of rotatable bonds is 4. The number of nitriles is 1. The minimum absolute atomic E-state index is 0.188. The summed E-state index contributed by atoms with van der Waals surface area (Å²) in [7, 11) is 0. The van der Waals surface area contributed by atoms with E-state index in [-0.39, 0.29) is 6.61 Å². The number of nitrogens with zero attached hydrogens (tertiary/aromatic N) is 1. The van der Waals surface area contributed by atoms with E-state index in [4.69, 9.17) is 10.00 Å².